The molecule has 1 rings (SSSR count). The van der Waals surface area contributed by atoms with Gasteiger partial charge in [0.2, 0.25) is 0 Å². The lowest BCUT2D eigenvalue weighted by Crippen LogP contribution is -2.30. The highest BCUT2D eigenvalue weighted by Crippen LogP contribution is 2.17. The Kier molecular flexibility index (Phi) is 5.42. The molecule has 1 aromatic rings. The predicted molar refractivity (Wildman–Crippen MR) is 79.6 cm³/mol. The van der Waals surface area contributed by atoms with Crippen molar-refractivity contribution in [3.63, 3.8) is 0 Å². The summed E-state index contributed by atoms with van der Waals surface area (Å²) in [5.41, 5.74) is 3.62. The largest absolute Gasteiger partial charge is 0.362 e. The average Bonchev–Trinajstić information content (AvgIpc) is 2.24. The van der Waals surface area contributed by atoms with Crippen molar-refractivity contribution in [2.24, 2.45) is 5.92 Å². The zero-order chi connectivity index (χ0) is 12.8. The molecule has 1 aromatic carbocycles. The van der Waals surface area contributed by atoms with Crippen molar-refractivity contribution in [2.75, 3.05) is 11.9 Å². The van der Waals surface area contributed by atoms with Crippen LogP contribution in [-0.4, -0.2) is 11.7 Å². The first-order valence-electron chi connectivity index (χ1n) is 6.11. The number of thiocarbonyl (C=S) groups is 1. The summed E-state index contributed by atoms with van der Waals surface area (Å²) in [4.78, 5) is 0. The molecule has 0 saturated heterocycles. The zero-order valence-corrected chi connectivity index (χ0v) is 11.9. The molecule has 0 heterocycles. The van der Waals surface area contributed by atoms with Gasteiger partial charge in [-0.15, -0.1) is 0 Å². The second-order valence-electron chi connectivity index (χ2n) is 4.81. The van der Waals surface area contributed by atoms with Gasteiger partial charge in [0.25, 0.3) is 0 Å². The lowest BCUT2D eigenvalue weighted by molar-refractivity contribution is 0.579. The Labute approximate surface area is 110 Å². The van der Waals surface area contributed by atoms with E-state index in [1.807, 2.05) is 6.07 Å². The topological polar surface area (TPSA) is 24.1 Å². The summed E-state index contributed by atoms with van der Waals surface area (Å²) in [5, 5.41) is 7.18. The third-order valence-electron chi connectivity index (χ3n) is 2.86. The van der Waals surface area contributed by atoms with Gasteiger partial charge in [0.1, 0.15) is 0 Å². The molecule has 0 radical (unpaired) electrons. The molecule has 2 nitrogen and oxygen atoms in total. The SMILES string of the molecule is Cc1cccc(NC(=S)NCCC(C)C)c1C. The molecule has 0 fully saturated rings. The van der Waals surface area contributed by atoms with Crippen molar-refractivity contribution in [1.29, 1.82) is 0 Å². The van der Waals surface area contributed by atoms with Crippen molar-refractivity contribution in [3.8, 4) is 0 Å². The third kappa shape index (κ3) is 4.73. The van der Waals surface area contributed by atoms with Crippen LogP contribution in [0.5, 0.6) is 0 Å². The fourth-order valence-electron chi connectivity index (χ4n) is 1.53. The molecule has 0 atom stereocenters. The van der Waals surface area contributed by atoms with Crippen LogP contribution in [0.4, 0.5) is 5.69 Å². The molecule has 94 valence electrons. The van der Waals surface area contributed by atoms with Gasteiger partial charge in [-0.1, -0.05) is 26.0 Å². The van der Waals surface area contributed by atoms with Crippen molar-refractivity contribution in [3.05, 3.63) is 29.3 Å². The number of hydrogen-bond acceptors (Lipinski definition) is 1. The van der Waals surface area contributed by atoms with E-state index in [0.717, 1.165) is 18.7 Å². The molecule has 0 aliphatic heterocycles. The second-order valence-corrected chi connectivity index (χ2v) is 5.22. The Morgan fingerprint density at radius 2 is 2.00 bits per heavy atom. The summed E-state index contributed by atoms with van der Waals surface area (Å²) in [6, 6.07) is 6.20. The van der Waals surface area contributed by atoms with Crippen molar-refractivity contribution in [1.82, 2.24) is 5.32 Å². The maximum atomic E-state index is 5.27. The monoisotopic (exact) mass is 250 g/mol. The van der Waals surface area contributed by atoms with Crippen LogP contribution in [0.1, 0.15) is 31.4 Å². The molecule has 0 unspecified atom stereocenters. The normalized spacial score (nSPS) is 10.4. The van der Waals surface area contributed by atoms with E-state index in [-0.39, 0.29) is 0 Å². The van der Waals surface area contributed by atoms with E-state index < -0.39 is 0 Å². The van der Waals surface area contributed by atoms with Crippen LogP contribution in [-0.2, 0) is 0 Å². The quantitative estimate of drug-likeness (QED) is 0.798. The van der Waals surface area contributed by atoms with E-state index in [4.69, 9.17) is 12.2 Å². The van der Waals surface area contributed by atoms with Gasteiger partial charge in [-0.25, -0.2) is 0 Å². The fraction of sp³-hybridized carbons (Fsp3) is 0.500. The summed E-state index contributed by atoms with van der Waals surface area (Å²) in [5.74, 6) is 0.700. The molecule has 2 N–H and O–H groups in total. The van der Waals surface area contributed by atoms with Crippen LogP contribution in [0, 0.1) is 19.8 Å². The van der Waals surface area contributed by atoms with Crippen LogP contribution in [0.2, 0.25) is 0 Å². The number of anilines is 1. The maximum absolute atomic E-state index is 5.27. The minimum Gasteiger partial charge on any atom is -0.362 e. The molecule has 0 aliphatic carbocycles. The first-order chi connectivity index (χ1) is 8.00. The molecule has 0 bridgehead atoms. The van der Waals surface area contributed by atoms with Gasteiger partial charge in [0.15, 0.2) is 5.11 Å². The van der Waals surface area contributed by atoms with Crippen LogP contribution in [0.15, 0.2) is 18.2 Å². The second kappa shape index (κ2) is 6.60. The van der Waals surface area contributed by atoms with Crippen molar-refractivity contribution in [2.45, 2.75) is 34.1 Å². The van der Waals surface area contributed by atoms with Crippen molar-refractivity contribution < 1.29 is 0 Å². The summed E-state index contributed by atoms with van der Waals surface area (Å²) in [6.07, 6.45) is 1.13. The zero-order valence-electron chi connectivity index (χ0n) is 11.1. The highest BCUT2D eigenvalue weighted by molar-refractivity contribution is 7.80. The Balaban J connectivity index is 2.48. The molecular formula is C14H22N2S. The minimum absolute atomic E-state index is 0.700. The lowest BCUT2D eigenvalue weighted by Gasteiger charge is -2.14. The number of nitrogens with one attached hydrogen (secondary N) is 2. The van der Waals surface area contributed by atoms with E-state index in [9.17, 15) is 0 Å². The van der Waals surface area contributed by atoms with Crippen LogP contribution in [0.25, 0.3) is 0 Å². The molecular weight excluding hydrogens is 228 g/mol. The van der Waals surface area contributed by atoms with Gasteiger partial charge >= 0.3 is 0 Å². The van der Waals surface area contributed by atoms with Crippen LogP contribution in [0.3, 0.4) is 0 Å². The number of aryl methyl sites for hydroxylation is 1. The molecule has 17 heavy (non-hydrogen) atoms. The summed E-state index contributed by atoms with van der Waals surface area (Å²) < 4.78 is 0. The molecule has 0 spiro atoms. The van der Waals surface area contributed by atoms with Gasteiger partial charge in [0.05, 0.1) is 0 Å². The highest BCUT2D eigenvalue weighted by Gasteiger charge is 2.02. The Hall–Kier alpha value is -1.09. The Bertz CT molecular complexity index is 386. The summed E-state index contributed by atoms with van der Waals surface area (Å²) >= 11 is 5.27. The molecule has 3 heteroatoms. The maximum Gasteiger partial charge on any atom is 0.170 e. The van der Waals surface area contributed by atoms with Crippen molar-refractivity contribution >= 4 is 23.0 Å². The Morgan fingerprint density at radius 1 is 1.29 bits per heavy atom. The first-order valence-corrected chi connectivity index (χ1v) is 6.52. The van der Waals surface area contributed by atoms with E-state index >= 15 is 0 Å². The van der Waals surface area contributed by atoms with E-state index in [1.165, 1.54) is 11.1 Å². The van der Waals surface area contributed by atoms with Gasteiger partial charge < -0.3 is 10.6 Å². The van der Waals surface area contributed by atoms with Crippen LogP contribution >= 0.6 is 12.2 Å². The summed E-state index contributed by atoms with van der Waals surface area (Å²) in [6.45, 7) is 9.56. The number of rotatable bonds is 4. The van der Waals surface area contributed by atoms with Gasteiger partial charge in [-0.2, -0.15) is 0 Å². The Morgan fingerprint density at radius 3 is 2.65 bits per heavy atom. The smallest absolute Gasteiger partial charge is 0.170 e. The molecule has 0 aliphatic rings. The predicted octanol–water partition coefficient (Wildman–Crippen LogP) is 3.64. The molecule has 0 amide bonds. The van der Waals surface area contributed by atoms with Gasteiger partial charge in [0, 0.05) is 12.2 Å². The van der Waals surface area contributed by atoms with Gasteiger partial charge in [-0.05, 0) is 55.6 Å². The molecule has 0 aromatic heterocycles. The average molecular weight is 250 g/mol. The standard InChI is InChI=1S/C14H22N2S/c1-10(2)8-9-15-14(17)16-13-7-5-6-11(3)12(13)4/h5-7,10H,8-9H2,1-4H3,(H2,15,16,17). The highest BCUT2D eigenvalue weighted by atomic mass is 32.1. The third-order valence-corrected chi connectivity index (χ3v) is 3.11. The minimum atomic E-state index is 0.700. The number of hydrogen-bond donors (Lipinski definition) is 2. The van der Waals surface area contributed by atoms with E-state index in [1.54, 1.807) is 0 Å². The van der Waals surface area contributed by atoms with Gasteiger partial charge in [-0.3, -0.25) is 0 Å². The molecule has 0 saturated carbocycles. The van der Waals surface area contributed by atoms with E-state index in [2.05, 4.69) is 50.5 Å². The first kappa shape index (κ1) is 14.0. The lowest BCUT2D eigenvalue weighted by atomic mass is 10.1. The van der Waals surface area contributed by atoms with E-state index in [0.29, 0.717) is 11.0 Å². The summed E-state index contributed by atoms with van der Waals surface area (Å²) in [7, 11) is 0. The number of benzene rings is 1. The van der Waals surface area contributed by atoms with Crippen LogP contribution < -0.4 is 10.6 Å². The fourth-order valence-corrected chi connectivity index (χ4v) is 1.74.